The number of aromatic nitrogens is 3. The molecule has 0 radical (unpaired) electrons. The van der Waals surface area contributed by atoms with Gasteiger partial charge in [0.15, 0.2) is 0 Å². The maximum Gasteiger partial charge on any atom is 0.224 e. The van der Waals surface area contributed by atoms with E-state index in [0.717, 1.165) is 28.1 Å². The minimum atomic E-state index is -0.0485. The second kappa shape index (κ2) is 5.68. The molecule has 3 rings (SSSR count). The number of hydrogen-bond donors (Lipinski definition) is 0. The van der Waals surface area contributed by atoms with E-state index < -0.39 is 0 Å². The summed E-state index contributed by atoms with van der Waals surface area (Å²) in [5.41, 5.74) is 5.13. The van der Waals surface area contributed by atoms with Gasteiger partial charge < -0.3 is 4.90 Å². The topological polar surface area (TPSA) is 51.0 Å². The summed E-state index contributed by atoms with van der Waals surface area (Å²) in [7, 11) is 1.83. The summed E-state index contributed by atoms with van der Waals surface area (Å²) in [5, 5.41) is 8.49. The number of nitrogens with zero attached hydrogens (tertiary/aromatic N) is 4. The van der Waals surface area contributed by atoms with E-state index in [0.29, 0.717) is 12.2 Å². The fourth-order valence-electron chi connectivity index (χ4n) is 2.95. The van der Waals surface area contributed by atoms with Crippen LogP contribution in [0.4, 0.5) is 0 Å². The number of carbonyl (C=O) groups excluding carboxylic acids is 1. The molecule has 0 unspecified atom stereocenters. The van der Waals surface area contributed by atoms with Crippen molar-refractivity contribution < 1.29 is 4.79 Å². The summed E-state index contributed by atoms with van der Waals surface area (Å²) in [6, 6.07) is 7.92. The molecule has 2 aromatic rings. The third kappa shape index (κ3) is 2.30. The Labute approximate surface area is 135 Å². The molecule has 23 heavy (non-hydrogen) atoms. The summed E-state index contributed by atoms with van der Waals surface area (Å²) in [4.78, 5) is 13.9. The molecule has 1 aromatic carbocycles. The van der Waals surface area contributed by atoms with E-state index in [4.69, 9.17) is 0 Å². The van der Waals surface area contributed by atoms with Crippen molar-refractivity contribution in [1.82, 2.24) is 19.9 Å². The predicted octanol–water partition coefficient (Wildman–Crippen LogP) is 2.93. The third-order valence-corrected chi connectivity index (χ3v) is 4.03. The van der Waals surface area contributed by atoms with Crippen LogP contribution in [0.15, 0.2) is 55.3 Å². The minimum Gasteiger partial charge on any atom is -0.308 e. The summed E-state index contributed by atoms with van der Waals surface area (Å²) in [6.45, 7) is 9.80. The molecule has 0 bridgehead atoms. The average molecular weight is 306 g/mol. The van der Waals surface area contributed by atoms with E-state index in [2.05, 4.69) is 23.5 Å². The van der Waals surface area contributed by atoms with Crippen LogP contribution in [-0.4, -0.2) is 25.8 Å². The lowest BCUT2D eigenvalue weighted by Gasteiger charge is -2.27. The maximum atomic E-state index is 12.2. The highest BCUT2D eigenvalue weighted by atomic mass is 16.2. The molecule has 1 aromatic heterocycles. The lowest BCUT2D eigenvalue weighted by molar-refractivity contribution is -0.127. The number of allylic oxidation sites excluding steroid dienone is 3. The molecule has 0 fully saturated rings. The van der Waals surface area contributed by atoms with Crippen molar-refractivity contribution >= 4 is 11.5 Å². The third-order valence-electron chi connectivity index (χ3n) is 4.03. The number of amides is 1. The first-order chi connectivity index (χ1) is 11.1. The Morgan fingerprint density at radius 2 is 2.00 bits per heavy atom. The normalized spacial score (nSPS) is 16.9. The van der Waals surface area contributed by atoms with Crippen molar-refractivity contribution in [3.05, 3.63) is 66.5 Å². The standard InChI is InChI=1S/C18H18N4O/c1-5-14-16(6-2)22(12(3)23)11-13-9-7-8-10-15(13)17-18(14)21(4)20-19-17/h5-10H,1-2,11H2,3-4H3/b16-14-. The van der Waals surface area contributed by atoms with Crippen LogP contribution in [0.3, 0.4) is 0 Å². The van der Waals surface area contributed by atoms with Gasteiger partial charge in [-0.25, -0.2) is 4.68 Å². The van der Waals surface area contributed by atoms with Gasteiger partial charge in [-0.15, -0.1) is 5.10 Å². The van der Waals surface area contributed by atoms with Crippen molar-refractivity contribution in [2.24, 2.45) is 7.05 Å². The van der Waals surface area contributed by atoms with Gasteiger partial charge in [0.05, 0.1) is 17.9 Å². The van der Waals surface area contributed by atoms with E-state index in [1.807, 2.05) is 31.3 Å². The van der Waals surface area contributed by atoms with Crippen molar-refractivity contribution in [2.75, 3.05) is 0 Å². The fourth-order valence-corrected chi connectivity index (χ4v) is 2.95. The number of benzene rings is 1. The van der Waals surface area contributed by atoms with Gasteiger partial charge in [-0.3, -0.25) is 4.79 Å². The first-order valence-corrected chi connectivity index (χ1v) is 7.34. The van der Waals surface area contributed by atoms with Crippen molar-refractivity contribution in [3.8, 4) is 11.3 Å². The molecule has 2 heterocycles. The van der Waals surface area contributed by atoms with Crippen molar-refractivity contribution in [3.63, 3.8) is 0 Å². The number of carbonyl (C=O) groups is 1. The molecule has 0 N–H and O–H groups in total. The van der Waals surface area contributed by atoms with E-state index in [-0.39, 0.29) is 5.91 Å². The number of hydrogen-bond acceptors (Lipinski definition) is 3. The molecule has 116 valence electrons. The van der Waals surface area contributed by atoms with Crippen molar-refractivity contribution in [2.45, 2.75) is 13.5 Å². The van der Waals surface area contributed by atoms with Gasteiger partial charge >= 0.3 is 0 Å². The monoisotopic (exact) mass is 306 g/mol. The fraction of sp³-hybridized carbons (Fsp3) is 0.167. The van der Waals surface area contributed by atoms with Gasteiger partial charge in [0.1, 0.15) is 5.69 Å². The SMILES string of the molecule is C=C/C1=C(\C=C)N(C(C)=O)Cc2ccccc2-c2nnn(C)c21. The van der Waals surface area contributed by atoms with Crippen LogP contribution in [0.25, 0.3) is 16.8 Å². The smallest absolute Gasteiger partial charge is 0.224 e. The van der Waals surface area contributed by atoms with Crippen LogP contribution in [0, 0.1) is 0 Å². The van der Waals surface area contributed by atoms with Gasteiger partial charge in [-0.05, 0) is 11.6 Å². The second-order valence-corrected chi connectivity index (χ2v) is 5.38. The largest absolute Gasteiger partial charge is 0.308 e. The van der Waals surface area contributed by atoms with Gasteiger partial charge in [-0.2, -0.15) is 0 Å². The second-order valence-electron chi connectivity index (χ2n) is 5.38. The zero-order valence-corrected chi connectivity index (χ0v) is 13.3. The summed E-state index contributed by atoms with van der Waals surface area (Å²) in [5.74, 6) is -0.0485. The van der Waals surface area contributed by atoms with Gasteiger partial charge in [0.2, 0.25) is 5.91 Å². The zero-order valence-electron chi connectivity index (χ0n) is 13.3. The molecule has 1 amide bonds. The number of fused-ring (bicyclic) bond motifs is 3. The Balaban J connectivity index is 2.43. The molecule has 0 atom stereocenters. The Morgan fingerprint density at radius 3 is 2.65 bits per heavy atom. The Kier molecular flexibility index (Phi) is 3.70. The van der Waals surface area contributed by atoms with E-state index in [1.165, 1.54) is 0 Å². The minimum absolute atomic E-state index is 0.0485. The Morgan fingerprint density at radius 1 is 1.26 bits per heavy atom. The molecule has 0 spiro atoms. The van der Waals surface area contributed by atoms with E-state index in [9.17, 15) is 4.79 Å². The molecular weight excluding hydrogens is 288 g/mol. The van der Waals surface area contributed by atoms with Crippen LogP contribution in [0.5, 0.6) is 0 Å². The van der Waals surface area contributed by atoms with Gasteiger partial charge in [0.25, 0.3) is 0 Å². The molecule has 1 aliphatic heterocycles. The Bertz CT molecular complexity index is 844. The Hall–Kier alpha value is -2.95. The van der Waals surface area contributed by atoms with Crippen molar-refractivity contribution in [1.29, 1.82) is 0 Å². The summed E-state index contributed by atoms with van der Waals surface area (Å²) < 4.78 is 1.70. The maximum absolute atomic E-state index is 12.2. The highest BCUT2D eigenvalue weighted by molar-refractivity contribution is 5.89. The quantitative estimate of drug-likeness (QED) is 0.857. The number of aryl methyl sites for hydroxylation is 1. The van der Waals surface area contributed by atoms with Crippen LogP contribution in [-0.2, 0) is 18.4 Å². The molecule has 0 saturated heterocycles. The number of rotatable bonds is 2. The molecular formula is C18H18N4O. The zero-order chi connectivity index (χ0) is 16.6. The van der Waals surface area contributed by atoms with E-state index in [1.54, 1.807) is 28.7 Å². The molecule has 0 saturated carbocycles. The van der Waals surface area contributed by atoms with Crippen LogP contribution in [0.2, 0.25) is 0 Å². The van der Waals surface area contributed by atoms with Gasteiger partial charge in [-0.1, -0.05) is 48.7 Å². The predicted molar refractivity (Wildman–Crippen MR) is 90.0 cm³/mol. The highest BCUT2D eigenvalue weighted by Gasteiger charge is 2.26. The first-order valence-electron chi connectivity index (χ1n) is 7.34. The lowest BCUT2D eigenvalue weighted by Crippen LogP contribution is -2.29. The van der Waals surface area contributed by atoms with E-state index >= 15 is 0 Å². The summed E-state index contributed by atoms with van der Waals surface area (Å²) in [6.07, 6.45) is 3.41. The molecule has 5 heteroatoms. The van der Waals surface area contributed by atoms with Crippen LogP contribution in [0.1, 0.15) is 18.2 Å². The van der Waals surface area contributed by atoms with Crippen LogP contribution >= 0.6 is 0 Å². The lowest BCUT2D eigenvalue weighted by atomic mass is 9.95. The molecule has 0 aliphatic carbocycles. The van der Waals surface area contributed by atoms with Gasteiger partial charge in [0, 0.05) is 25.1 Å². The first kappa shape index (κ1) is 15.0. The highest BCUT2D eigenvalue weighted by Crippen LogP contribution is 2.36. The molecule has 1 aliphatic rings. The average Bonchev–Trinajstić information content (AvgIpc) is 2.90. The summed E-state index contributed by atoms with van der Waals surface area (Å²) >= 11 is 0. The van der Waals surface area contributed by atoms with Crippen LogP contribution < -0.4 is 0 Å². The molecule has 5 nitrogen and oxygen atoms in total.